The van der Waals surface area contributed by atoms with E-state index in [1.807, 2.05) is 25.1 Å². The maximum Gasteiger partial charge on any atom is 0.232 e. The molecule has 6 heteroatoms. The molecule has 0 fully saturated rings. The van der Waals surface area contributed by atoms with Crippen molar-refractivity contribution in [2.75, 3.05) is 6.73 Å². The number of hydrogen-bond acceptors (Lipinski definition) is 5. The van der Waals surface area contributed by atoms with Crippen LogP contribution in [0.1, 0.15) is 32.6 Å². The first-order valence-electron chi connectivity index (χ1n) is 9.69. The Morgan fingerprint density at radius 2 is 1.93 bits per heavy atom. The van der Waals surface area contributed by atoms with Crippen molar-refractivity contribution >= 4 is 11.9 Å². The van der Waals surface area contributed by atoms with E-state index in [9.17, 15) is 9.18 Å². The molecule has 5 rings (SSSR count). The first-order valence-corrected chi connectivity index (χ1v) is 9.69. The van der Waals surface area contributed by atoms with Gasteiger partial charge in [-0.2, -0.15) is 0 Å². The smallest absolute Gasteiger partial charge is 0.232 e. The fourth-order valence-electron chi connectivity index (χ4n) is 3.83. The maximum absolute atomic E-state index is 13.2. The Kier molecular flexibility index (Phi) is 4.56. The molecule has 3 heterocycles. The van der Waals surface area contributed by atoms with Gasteiger partial charge in [-0.05, 0) is 60.0 Å². The third kappa shape index (κ3) is 3.35. The number of fused-ring (bicyclic) bond motifs is 3. The van der Waals surface area contributed by atoms with Gasteiger partial charge in [0.05, 0.1) is 11.1 Å². The molecule has 0 amide bonds. The van der Waals surface area contributed by atoms with Crippen LogP contribution in [0.4, 0.5) is 4.39 Å². The number of Topliss-reactive ketones (excluding diaryl/α,β-unsaturated/α-hetero) is 1. The zero-order valence-electron chi connectivity index (χ0n) is 16.4. The van der Waals surface area contributed by atoms with Crippen molar-refractivity contribution in [1.82, 2.24) is 9.88 Å². The van der Waals surface area contributed by atoms with Gasteiger partial charge < -0.3 is 9.47 Å². The third-order valence-corrected chi connectivity index (χ3v) is 5.31. The molecule has 2 aliphatic heterocycles. The molecule has 0 atom stereocenters. The zero-order chi connectivity index (χ0) is 20.7. The van der Waals surface area contributed by atoms with Crippen LogP contribution in [-0.4, -0.2) is 22.4 Å². The van der Waals surface area contributed by atoms with Crippen LogP contribution in [0.15, 0.2) is 60.6 Å². The minimum atomic E-state index is -0.324. The molecule has 0 saturated heterocycles. The second-order valence-corrected chi connectivity index (χ2v) is 7.48. The number of ketones is 1. The number of halogens is 1. The fraction of sp³-hybridized carbons (Fsp3) is 0.167. The van der Waals surface area contributed by atoms with E-state index in [1.54, 1.807) is 30.6 Å². The van der Waals surface area contributed by atoms with E-state index in [1.165, 1.54) is 12.1 Å². The number of hydrogen-bond donors (Lipinski definition) is 0. The van der Waals surface area contributed by atoms with Crippen molar-refractivity contribution in [3.63, 3.8) is 0 Å². The molecule has 0 bridgehead atoms. The number of pyridine rings is 1. The lowest BCUT2D eigenvalue weighted by atomic mass is 9.98. The lowest BCUT2D eigenvalue weighted by molar-refractivity contribution is 0.0872. The summed E-state index contributed by atoms with van der Waals surface area (Å²) in [6.07, 6.45) is 5.18. The highest BCUT2D eigenvalue weighted by atomic mass is 19.1. The van der Waals surface area contributed by atoms with Crippen molar-refractivity contribution in [3.05, 3.63) is 94.3 Å². The van der Waals surface area contributed by atoms with Crippen LogP contribution in [0.2, 0.25) is 0 Å². The van der Waals surface area contributed by atoms with Gasteiger partial charge in [0.2, 0.25) is 5.78 Å². The molecule has 0 unspecified atom stereocenters. The van der Waals surface area contributed by atoms with Gasteiger partial charge in [0.25, 0.3) is 0 Å². The number of aryl methyl sites for hydroxylation is 1. The number of rotatable bonds is 3. The van der Waals surface area contributed by atoms with Crippen molar-refractivity contribution in [3.8, 4) is 11.5 Å². The molecule has 3 aromatic rings. The average Bonchev–Trinajstić information content (AvgIpc) is 3.08. The molecule has 0 radical (unpaired) electrons. The summed E-state index contributed by atoms with van der Waals surface area (Å²) in [5, 5.41) is 0. The summed E-state index contributed by atoms with van der Waals surface area (Å²) in [5.74, 6) is 1.05. The Morgan fingerprint density at radius 1 is 1.17 bits per heavy atom. The Labute approximate surface area is 173 Å². The van der Waals surface area contributed by atoms with Gasteiger partial charge in [0, 0.05) is 25.5 Å². The van der Waals surface area contributed by atoms with Crippen LogP contribution < -0.4 is 9.47 Å². The molecule has 150 valence electrons. The summed E-state index contributed by atoms with van der Waals surface area (Å²) in [6.45, 7) is 3.65. The van der Waals surface area contributed by atoms with E-state index >= 15 is 0 Å². The van der Waals surface area contributed by atoms with Gasteiger partial charge in [0.1, 0.15) is 24.0 Å². The molecule has 0 aliphatic carbocycles. The summed E-state index contributed by atoms with van der Waals surface area (Å²) in [5.41, 5.74) is 4.09. The van der Waals surface area contributed by atoms with Crippen LogP contribution in [-0.2, 0) is 13.1 Å². The van der Waals surface area contributed by atoms with Crippen LogP contribution in [0.3, 0.4) is 0 Å². The predicted molar refractivity (Wildman–Crippen MR) is 109 cm³/mol. The highest BCUT2D eigenvalue weighted by Crippen LogP contribution is 2.44. The number of carbonyl (C=O) groups excluding carboxylic acids is 1. The quantitative estimate of drug-likeness (QED) is 0.604. The molecule has 0 spiro atoms. The Hall–Kier alpha value is -3.51. The molecule has 1 aromatic heterocycles. The first-order chi connectivity index (χ1) is 14.6. The normalized spacial score (nSPS) is 16.7. The predicted octanol–water partition coefficient (Wildman–Crippen LogP) is 4.50. The largest absolute Gasteiger partial charge is 0.478 e. The Balaban J connectivity index is 1.47. The Morgan fingerprint density at radius 3 is 2.70 bits per heavy atom. The second kappa shape index (κ2) is 7.39. The number of aromatic nitrogens is 1. The molecule has 2 aliphatic rings. The highest BCUT2D eigenvalue weighted by Gasteiger charge is 2.35. The lowest BCUT2D eigenvalue weighted by Crippen LogP contribution is -2.31. The van der Waals surface area contributed by atoms with Crippen molar-refractivity contribution in [1.29, 1.82) is 0 Å². The SMILES string of the molecule is Cc1cc2c(c3c1C(=O)/C(=C/c1ccc(F)cc1)O3)CN(Cc1ccncc1)CO2. The van der Waals surface area contributed by atoms with Crippen LogP contribution in [0.25, 0.3) is 6.08 Å². The standard InChI is InChI=1S/C24H19FN2O3/c1-15-10-20-19(13-27(14-29-20)12-17-6-8-26-9-7-17)24-22(15)23(28)21(30-24)11-16-2-4-18(25)5-3-16/h2-11H,12-14H2,1H3/b21-11-. The lowest BCUT2D eigenvalue weighted by Gasteiger charge is -2.30. The molecule has 2 aromatic carbocycles. The van der Waals surface area contributed by atoms with E-state index < -0.39 is 0 Å². The fourth-order valence-corrected chi connectivity index (χ4v) is 3.83. The highest BCUT2D eigenvalue weighted by molar-refractivity contribution is 6.15. The minimum Gasteiger partial charge on any atom is -0.478 e. The van der Waals surface area contributed by atoms with E-state index in [0.29, 0.717) is 36.7 Å². The number of carbonyl (C=O) groups is 1. The second-order valence-electron chi connectivity index (χ2n) is 7.48. The maximum atomic E-state index is 13.2. The van der Waals surface area contributed by atoms with E-state index in [4.69, 9.17) is 9.47 Å². The van der Waals surface area contributed by atoms with Gasteiger partial charge in [-0.15, -0.1) is 0 Å². The summed E-state index contributed by atoms with van der Waals surface area (Å²) in [6, 6.07) is 11.8. The monoisotopic (exact) mass is 402 g/mol. The number of nitrogens with zero attached hydrogens (tertiary/aromatic N) is 2. The topological polar surface area (TPSA) is 51.7 Å². The average molecular weight is 402 g/mol. The molecule has 5 nitrogen and oxygen atoms in total. The summed E-state index contributed by atoms with van der Waals surface area (Å²) < 4.78 is 25.2. The summed E-state index contributed by atoms with van der Waals surface area (Å²) in [7, 11) is 0. The van der Waals surface area contributed by atoms with Crippen LogP contribution in [0, 0.1) is 12.7 Å². The molecular formula is C24H19FN2O3. The summed E-state index contributed by atoms with van der Waals surface area (Å²) >= 11 is 0. The Bertz CT molecular complexity index is 1160. The summed E-state index contributed by atoms with van der Waals surface area (Å²) in [4.78, 5) is 19.2. The first kappa shape index (κ1) is 18.5. The third-order valence-electron chi connectivity index (χ3n) is 5.31. The van der Waals surface area contributed by atoms with Gasteiger partial charge in [-0.1, -0.05) is 12.1 Å². The van der Waals surface area contributed by atoms with Crippen molar-refractivity contribution in [2.45, 2.75) is 20.0 Å². The molecule has 0 N–H and O–H groups in total. The molecule has 30 heavy (non-hydrogen) atoms. The van der Waals surface area contributed by atoms with Gasteiger partial charge >= 0.3 is 0 Å². The molecule has 0 saturated carbocycles. The molecular weight excluding hydrogens is 383 g/mol. The van der Waals surface area contributed by atoms with E-state index in [0.717, 1.165) is 22.4 Å². The van der Waals surface area contributed by atoms with Crippen molar-refractivity contribution < 1.29 is 18.7 Å². The number of allylic oxidation sites excluding steroid dienone is 1. The van der Waals surface area contributed by atoms with Gasteiger partial charge in [-0.3, -0.25) is 14.7 Å². The van der Waals surface area contributed by atoms with E-state index in [-0.39, 0.29) is 17.4 Å². The number of ether oxygens (including phenoxy) is 2. The van der Waals surface area contributed by atoms with Gasteiger partial charge in [-0.25, -0.2) is 4.39 Å². The van der Waals surface area contributed by atoms with Crippen molar-refractivity contribution in [2.24, 2.45) is 0 Å². The van der Waals surface area contributed by atoms with E-state index in [2.05, 4.69) is 9.88 Å². The number of benzene rings is 2. The minimum absolute atomic E-state index is 0.166. The van der Waals surface area contributed by atoms with Crippen LogP contribution in [0.5, 0.6) is 11.5 Å². The zero-order valence-corrected chi connectivity index (χ0v) is 16.4. The van der Waals surface area contributed by atoms with Crippen LogP contribution >= 0.6 is 0 Å². The van der Waals surface area contributed by atoms with Gasteiger partial charge in [0.15, 0.2) is 5.76 Å².